The van der Waals surface area contributed by atoms with Gasteiger partial charge in [-0.2, -0.15) is 5.26 Å². The molecular weight excluding hydrogens is 462 g/mol. The smallest absolute Gasteiger partial charge is 0.268 e. The molecule has 0 unspecified atom stereocenters. The zero-order valence-electron chi connectivity index (χ0n) is 18.3. The highest BCUT2D eigenvalue weighted by Gasteiger charge is 2.30. The Morgan fingerprint density at radius 1 is 1.12 bits per heavy atom. The van der Waals surface area contributed by atoms with Crippen LogP contribution >= 0.6 is 11.6 Å². The quantitative estimate of drug-likeness (QED) is 0.526. The minimum atomic E-state index is -4.21. The van der Waals surface area contributed by atoms with Crippen LogP contribution < -0.4 is 14.4 Å². The molecule has 0 heterocycles. The SMILES string of the molecule is COc1ccc(C)cc1S(=O)(=O)N(CC(=O)Nc1cccc(C#N)c1)c1ccc(C)c(Cl)c1. The van der Waals surface area contributed by atoms with Gasteiger partial charge in [-0.15, -0.1) is 0 Å². The number of aryl methyl sites for hydroxylation is 2. The summed E-state index contributed by atoms with van der Waals surface area (Å²) < 4.78 is 33.7. The van der Waals surface area contributed by atoms with Crippen molar-refractivity contribution in [2.75, 3.05) is 23.3 Å². The molecule has 170 valence electrons. The lowest BCUT2D eigenvalue weighted by Gasteiger charge is -2.25. The van der Waals surface area contributed by atoms with Crippen molar-refractivity contribution in [1.29, 1.82) is 5.26 Å². The van der Waals surface area contributed by atoms with Gasteiger partial charge in [0, 0.05) is 10.7 Å². The highest BCUT2D eigenvalue weighted by Crippen LogP contribution is 2.32. The van der Waals surface area contributed by atoms with Gasteiger partial charge in [-0.05, 0) is 67.4 Å². The minimum absolute atomic E-state index is 0.0685. The number of nitrogens with one attached hydrogen (secondary N) is 1. The molecule has 0 fully saturated rings. The number of nitrogens with zero attached hydrogens (tertiary/aromatic N) is 2. The van der Waals surface area contributed by atoms with Crippen LogP contribution in [0.1, 0.15) is 16.7 Å². The van der Waals surface area contributed by atoms with Crippen LogP contribution in [-0.4, -0.2) is 28.0 Å². The average molecular weight is 484 g/mol. The fraction of sp³-hybridized carbons (Fsp3) is 0.167. The third kappa shape index (κ3) is 5.45. The maximum absolute atomic E-state index is 13.7. The summed E-state index contributed by atoms with van der Waals surface area (Å²) in [7, 11) is -2.83. The van der Waals surface area contributed by atoms with Crippen molar-refractivity contribution in [3.05, 3.63) is 82.4 Å². The minimum Gasteiger partial charge on any atom is -0.495 e. The molecule has 9 heteroatoms. The molecule has 1 amide bonds. The molecule has 0 atom stereocenters. The Balaban J connectivity index is 2.05. The lowest BCUT2D eigenvalue weighted by molar-refractivity contribution is -0.114. The molecule has 33 heavy (non-hydrogen) atoms. The summed E-state index contributed by atoms with van der Waals surface area (Å²) >= 11 is 6.26. The molecular formula is C24H22ClN3O4S. The number of hydrogen-bond acceptors (Lipinski definition) is 5. The summed E-state index contributed by atoms with van der Waals surface area (Å²) in [5.41, 5.74) is 2.46. The van der Waals surface area contributed by atoms with E-state index in [1.807, 2.05) is 6.07 Å². The van der Waals surface area contributed by atoms with E-state index in [9.17, 15) is 13.2 Å². The third-order valence-electron chi connectivity index (χ3n) is 4.89. The summed E-state index contributed by atoms with van der Waals surface area (Å²) in [5.74, 6) is -0.428. The van der Waals surface area contributed by atoms with E-state index in [0.717, 1.165) is 9.87 Å². The fourth-order valence-corrected chi connectivity index (χ4v) is 4.98. The van der Waals surface area contributed by atoms with Gasteiger partial charge in [0.15, 0.2) is 0 Å². The van der Waals surface area contributed by atoms with Crippen molar-refractivity contribution in [1.82, 2.24) is 0 Å². The van der Waals surface area contributed by atoms with Crippen LogP contribution in [0.5, 0.6) is 5.75 Å². The number of halogens is 1. The first-order valence-electron chi connectivity index (χ1n) is 9.89. The van der Waals surface area contributed by atoms with Crippen LogP contribution in [0.3, 0.4) is 0 Å². The number of rotatable bonds is 7. The molecule has 3 rings (SSSR count). The van der Waals surface area contributed by atoms with Crippen molar-refractivity contribution in [3.8, 4) is 11.8 Å². The van der Waals surface area contributed by atoms with Crippen LogP contribution in [0.25, 0.3) is 0 Å². The predicted octanol–water partition coefficient (Wildman–Crippen LogP) is 4.67. The first-order valence-corrected chi connectivity index (χ1v) is 11.7. The summed E-state index contributed by atoms with van der Waals surface area (Å²) in [6.07, 6.45) is 0. The number of carbonyl (C=O) groups excluding carboxylic acids is 1. The molecule has 0 saturated carbocycles. The van der Waals surface area contributed by atoms with E-state index >= 15 is 0 Å². The van der Waals surface area contributed by atoms with Gasteiger partial charge < -0.3 is 10.1 Å². The van der Waals surface area contributed by atoms with E-state index in [0.29, 0.717) is 21.8 Å². The van der Waals surface area contributed by atoms with Gasteiger partial charge in [0.05, 0.1) is 24.4 Å². The molecule has 7 nitrogen and oxygen atoms in total. The molecule has 0 aliphatic carbocycles. The number of benzene rings is 3. The molecule has 0 radical (unpaired) electrons. The number of nitriles is 1. The Morgan fingerprint density at radius 2 is 1.88 bits per heavy atom. The number of amides is 1. The van der Waals surface area contributed by atoms with E-state index < -0.39 is 22.5 Å². The van der Waals surface area contributed by atoms with Crippen molar-refractivity contribution in [2.45, 2.75) is 18.7 Å². The number of methoxy groups -OCH3 is 1. The van der Waals surface area contributed by atoms with Gasteiger partial charge in [-0.3, -0.25) is 9.10 Å². The normalized spacial score (nSPS) is 10.9. The second kappa shape index (κ2) is 9.94. The molecule has 3 aromatic rings. The molecule has 0 aliphatic heterocycles. The summed E-state index contributed by atoms with van der Waals surface area (Å²) in [6, 6.07) is 17.9. The number of hydrogen-bond donors (Lipinski definition) is 1. The van der Waals surface area contributed by atoms with Gasteiger partial charge in [0.2, 0.25) is 5.91 Å². The predicted molar refractivity (Wildman–Crippen MR) is 128 cm³/mol. The largest absolute Gasteiger partial charge is 0.495 e. The van der Waals surface area contributed by atoms with Crippen LogP contribution in [0.15, 0.2) is 65.6 Å². The Morgan fingerprint density at radius 3 is 2.55 bits per heavy atom. The van der Waals surface area contributed by atoms with Gasteiger partial charge in [0.25, 0.3) is 10.0 Å². The fourth-order valence-electron chi connectivity index (χ4n) is 3.15. The van der Waals surface area contributed by atoms with Gasteiger partial charge in [0.1, 0.15) is 17.2 Å². The van der Waals surface area contributed by atoms with Crippen LogP contribution in [0, 0.1) is 25.2 Å². The first-order chi connectivity index (χ1) is 15.6. The topological polar surface area (TPSA) is 99.5 Å². The second-order valence-corrected chi connectivity index (χ2v) is 9.58. The number of anilines is 2. The third-order valence-corrected chi connectivity index (χ3v) is 7.10. The highest BCUT2D eigenvalue weighted by molar-refractivity contribution is 7.93. The van der Waals surface area contributed by atoms with Crippen molar-refractivity contribution in [2.24, 2.45) is 0 Å². The van der Waals surface area contributed by atoms with E-state index in [1.54, 1.807) is 56.3 Å². The number of sulfonamides is 1. The van der Waals surface area contributed by atoms with Crippen LogP contribution in [0.2, 0.25) is 5.02 Å². The van der Waals surface area contributed by atoms with Gasteiger partial charge >= 0.3 is 0 Å². The number of carbonyl (C=O) groups is 1. The molecule has 3 aromatic carbocycles. The van der Waals surface area contributed by atoms with Gasteiger partial charge in [-0.1, -0.05) is 29.8 Å². The van der Waals surface area contributed by atoms with E-state index in [2.05, 4.69) is 5.32 Å². The molecule has 0 aliphatic rings. The second-order valence-electron chi connectivity index (χ2n) is 7.34. The number of ether oxygens (including phenoxy) is 1. The summed E-state index contributed by atoms with van der Waals surface area (Å²) in [5, 5.41) is 12.1. The average Bonchev–Trinajstić information content (AvgIpc) is 2.79. The molecule has 1 N–H and O–H groups in total. The van der Waals surface area contributed by atoms with E-state index in [1.165, 1.54) is 25.3 Å². The van der Waals surface area contributed by atoms with Crippen molar-refractivity contribution < 1.29 is 17.9 Å². The monoisotopic (exact) mass is 483 g/mol. The maximum Gasteiger partial charge on any atom is 0.268 e. The Hall–Kier alpha value is -3.54. The van der Waals surface area contributed by atoms with Crippen molar-refractivity contribution in [3.63, 3.8) is 0 Å². The van der Waals surface area contributed by atoms with Crippen LogP contribution in [-0.2, 0) is 14.8 Å². The van der Waals surface area contributed by atoms with E-state index in [-0.39, 0.29) is 16.3 Å². The van der Waals surface area contributed by atoms with E-state index in [4.69, 9.17) is 21.6 Å². The lowest BCUT2D eigenvalue weighted by Crippen LogP contribution is -2.38. The standard InChI is InChI=1S/C24H22ClN3O4S/c1-16-7-10-22(32-3)23(11-16)33(30,31)28(20-9-8-17(2)21(25)13-20)15-24(29)27-19-6-4-5-18(12-19)14-26/h4-13H,15H2,1-3H3,(H,27,29). The molecule has 0 saturated heterocycles. The molecule has 0 bridgehead atoms. The summed E-state index contributed by atoms with van der Waals surface area (Å²) in [4.78, 5) is 12.8. The Bertz CT molecular complexity index is 1350. The first kappa shape index (κ1) is 24.1. The molecule has 0 aromatic heterocycles. The Labute approximate surface area is 198 Å². The van der Waals surface area contributed by atoms with Crippen LogP contribution in [0.4, 0.5) is 11.4 Å². The zero-order chi connectivity index (χ0) is 24.2. The lowest BCUT2D eigenvalue weighted by atomic mass is 10.2. The molecule has 0 spiro atoms. The Kier molecular flexibility index (Phi) is 7.26. The van der Waals surface area contributed by atoms with Crippen molar-refractivity contribution >= 4 is 38.9 Å². The maximum atomic E-state index is 13.7. The van der Waals surface area contributed by atoms with Gasteiger partial charge in [-0.25, -0.2) is 8.42 Å². The summed E-state index contributed by atoms with van der Waals surface area (Å²) in [6.45, 7) is 3.04. The zero-order valence-corrected chi connectivity index (χ0v) is 19.9. The highest BCUT2D eigenvalue weighted by atomic mass is 35.5.